The van der Waals surface area contributed by atoms with Crippen LogP contribution in [0.4, 0.5) is 5.82 Å². The van der Waals surface area contributed by atoms with Gasteiger partial charge in [-0.05, 0) is 24.3 Å². The zero-order chi connectivity index (χ0) is 11.2. The van der Waals surface area contributed by atoms with Crippen molar-refractivity contribution in [3.05, 3.63) is 60.9 Å². The second kappa shape index (κ2) is 4.98. The molecular formula is C13H13N3. The van der Waals surface area contributed by atoms with Gasteiger partial charge in [0.05, 0.1) is 0 Å². The third-order valence-electron chi connectivity index (χ3n) is 2.12. The average Bonchev–Trinajstić information content (AvgIpc) is 2.72. The lowest BCUT2D eigenvalue weighted by Gasteiger charge is -1.83. The van der Waals surface area contributed by atoms with Gasteiger partial charge in [-0.1, -0.05) is 24.3 Å². The molecule has 3 nitrogen and oxygen atoms in total. The summed E-state index contributed by atoms with van der Waals surface area (Å²) < 4.78 is 0. The van der Waals surface area contributed by atoms with Crippen LogP contribution in [0.15, 0.2) is 60.9 Å². The molecule has 3 rings (SSSR count). The zero-order valence-corrected chi connectivity index (χ0v) is 8.80. The number of nitrogens with two attached hydrogens (primary N) is 1. The Morgan fingerprint density at radius 1 is 0.938 bits per heavy atom. The standard InChI is InChI=1S/C8H8N2.C5H5N/c9-8-5-6-3-1-2-4-7(6)10-8;1-2-4-6-5-3-1/h1-5,10H,9H2;1-5H. The first kappa shape index (κ1) is 10.2. The predicted molar refractivity (Wildman–Crippen MR) is 66.9 cm³/mol. The molecule has 0 saturated carbocycles. The number of pyridine rings is 1. The Morgan fingerprint density at radius 2 is 1.69 bits per heavy atom. The summed E-state index contributed by atoms with van der Waals surface area (Å²) in [6, 6.07) is 15.7. The van der Waals surface area contributed by atoms with Gasteiger partial charge in [0.2, 0.25) is 0 Å². The van der Waals surface area contributed by atoms with Gasteiger partial charge in [0.15, 0.2) is 0 Å². The average molecular weight is 211 g/mol. The molecule has 0 spiro atoms. The van der Waals surface area contributed by atoms with Gasteiger partial charge in [-0.15, -0.1) is 0 Å². The maximum absolute atomic E-state index is 5.54. The number of H-pyrrole nitrogens is 1. The highest BCUT2D eigenvalue weighted by Crippen LogP contribution is 2.14. The minimum Gasteiger partial charge on any atom is -0.385 e. The largest absolute Gasteiger partial charge is 0.385 e. The lowest BCUT2D eigenvalue weighted by molar-refractivity contribution is 1.33. The molecule has 0 aliphatic heterocycles. The molecule has 0 aliphatic carbocycles. The molecule has 0 unspecified atom stereocenters. The quantitative estimate of drug-likeness (QED) is 0.600. The molecule has 3 heteroatoms. The molecule has 0 amide bonds. The monoisotopic (exact) mass is 211 g/mol. The number of anilines is 1. The third-order valence-corrected chi connectivity index (χ3v) is 2.12. The number of para-hydroxylation sites is 1. The van der Waals surface area contributed by atoms with Crippen LogP contribution in [0.2, 0.25) is 0 Å². The normalized spacial score (nSPS) is 9.50. The second-order valence-electron chi connectivity index (χ2n) is 3.34. The van der Waals surface area contributed by atoms with E-state index in [0.29, 0.717) is 0 Å². The van der Waals surface area contributed by atoms with Crippen molar-refractivity contribution >= 4 is 16.7 Å². The topological polar surface area (TPSA) is 54.7 Å². The Morgan fingerprint density at radius 3 is 2.25 bits per heavy atom. The van der Waals surface area contributed by atoms with Gasteiger partial charge in [-0.25, -0.2) is 0 Å². The number of benzene rings is 1. The molecule has 0 radical (unpaired) electrons. The molecule has 0 bridgehead atoms. The van der Waals surface area contributed by atoms with Gasteiger partial charge < -0.3 is 10.7 Å². The zero-order valence-electron chi connectivity index (χ0n) is 8.80. The van der Waals surface area contributed by atoms with E-state index < -0.39 is 0 Å². The Bertz CT molecular complexity index is 483. The smallest absolute Gasteiger partial charge is 0.101 e. The van der Waals surface area contributed by atoms with E-state index in [1.54, 1.807) is 12.4 Å². The number of fused-ring (bicyclic) bond motifs is 1. The Balaban J connectivity index is 0.000000138. The summed E-state index contributed by atoms with van der Waals surface area (Å²) in [6.45, 7) is 0. The summed E-state index contributed by atoms with van der Waals surface area (Å²) in [4.78, 5) is 6.82. The van der Waals surface area contributed by atoms with Gasteiger partial charge >= 0.3 is 0 Å². The van der Waals surface area contributed by atoms with Crippen molar-refractivity contribution in [2.75, 3.05) is 5.73 Å². The lowest BCUT2D eigenvalue weighted by atomic mass is 10.3. The van der Waals surface area contributed by atoms with Crippen molar-refractivity contribution in [2.24, 2.45) is 0 Å². The summed E-state index contributed by atoms with van der Waals surface area (Å²) in [5, 5.41) is 1.17. The minimum absolute atomic E-state index is 0.723. The van der Waals surface area contributed by atoms with E-state index in [9.17, 15) is 0 Å². The van der Waals surface area contributed by atoms with Crippen LogP contribution < -0.4 is 5.73 Å². The molecule has 3 N–H and O–H groups in total. The summed E-state index contributed by atoms with van der Waals surface area (Å²) in [6.07, 6.45) is 3.50. The molecule has 2 heterocycles. The number of hydrogen-bond donors (Lipinski definition) is 2. The van der Waals surface area contributed by atoms with Crippen LogP contribution in [0.25, 0.3) is 10.9 Å². The number of hydrogen-bond acceptors (Lipinski definition) is 2. The highest BCUT2D eigenvalue weighted by molar-refractivity contribution is 5.82. The summed E-state index contributed by atoms with van der Waals surface area (Å²) in [5.41, 5.74) is 6.63. The van der Waals surface area contributed by atoms with E-state index in [1.165, 1.54) is 5.39 Å². The van der Waals surface area contributed by atoms with Crippen molar-refractivity contribution in [1.29, 1.82) is 0 Å². The first-order valence-corrected chi connectivity index (χ1v) is 5.04. The molecule has 0 aliphatic rings. The van der Waals surface area contributed by atoms with Gasteiger partial charge in [-0.3, -0.25) is 4.98 Å². The molecule has 2 aromatic heterocycles. The fourth-order valence-electron chi connectivity index (χ4n) is 1.41. The van der Waals surface area contributed by atoms with E-state index in [1.807, 2.05) is 48.5 Å². The third kappa shape index (κ3) is 2.60. The van der Waals surface area contributed by atoms with Crippen LogP contribution in [0.3, 0.4) is 0 Å². The first-order valence-electron chi connectivity index (χ1n) is 5.04. The van der Waals surface area contributed by atoms with Crippen molar-refractivity contribution in [2.45, 2.75) is 0 Å². The fourth-order valence-corrected chi connectivity index (χ4v) is 1.41. The second-order valence-corrected chi connectivity index (χ2v) is 3.34. The molecular weight excluding hydrogens is 198 g/mol. The highest BCUT2D eigenvalue weighted by atomic mass is 14.8. The van der Waals surface area contributed by atoms with Crippen LogP contribution in [0.5, 0.6) is 0 Å². The molecule has 0 fully saturated rings. The maximum atomic E-state index is 5.54. The molecule has 1 aromatic carbocycles. The summed E-state index contributed by atoms with van der Waals surface area (Å²) in [7, 11) is 0. The fraction of sp³-hybridized carbons (Fsp3) is 0. The van der Waals surface area contributed by atoms with E-state index in [0.717, 1.165) is 11.3 Å². The number of rotatable bonds is 0. The highest BCUT2D eigenvalue weighted by Gasteiger charge is 1.92. The Hall–Kier alpha value is -2.29. The van der Waals surface area contributed by atoms with Crippen molar-refractivity contribution in [1.82, 2.24) is 9.97 Å². The number of aromatic nitrogens is 2. The van der Waals surface area contributed by atoms with Gasteiger partial charge in [0, 0.05) is 23.3 Å². The molecule has 0 saturated heterocycles. The number of aromatic amines is 1. The number of nitrogen functional groups attached to an aromatic ring is 1. The van der Waals surface area contributed by atoms with Crippen LogP contribution in [0.1, 0.15) is 0 Å². The van der Waals surface area contributed by atoms with Crippen LogP contribution in [0, 0.1) is 0 Å². The summed E-state index contributed by atoms with van der Waals surface area (Å²) >= 11 is 0. The lowest BCUT2D eigenvalue weighted by Crippen LogP contribution is -1.80. The van der Waals surface area contributed by atoms with Crippen LogP contribution in [-0.4, -0.2) is 9.97 Å². The van der Waals surface area contributed by atoms with E-state index in [-0.39, 0.29) is 0 Å². The van der Waals surface area contributed by atoms with Gasteiger partial charge in [0.25, 0.3) is 0 Å². The maximum Gasteiger partial charge on any atom is 0.101 e. The van der Waals surface area contributed by atoms with E-state index in [4.69, 9.17) is 5.73 Å². The van der Waals surface area contributed by atoms with Crippen molar-refractivity contribution < 1.29 is 0 Å². The minimum atomic E-state index is 0.723. The number of nitrogens with zero attached hydrogens (tertiary/aromatic N) is 1. The van der Waals surface area contributed by atoms with Crippen molar-refractivity contribution in [3.8, 4) is 0 Å². The van der Waals surface area contributed by atoms with Crippen LogP contribution >= 0.6 is 0 Å². The van der Waals surface area contributed by atoms with Crippen LogP contribution in [-0.2, 0) is 0 Å². The SMILES string of the molecule is Nc1cc2ccccc2[nH]1.c1ccncc1. The Labute approximate surface area is 93.9 Å². The number of nitrogens with one attached hydrogen (secondary N) is 1. The predicted octanol–water partition coefficient (Wildman–Crippen LogP) is 2.83. The molecule has 80 valence electrons. The van der Waals surface area contributed by atoms with Gasteiger partial charge in [0.1, 0.15) is 5.82 Å². The van der Waals surface area contributed by atoms with E-state index >= 15 is 0 Å². The molecule has 0 atom stereocenters. The Kier molecular flexibility index (Phi) is 3.18. The van der Waals surface area contributed by atoms with Gasteiger partial charge in [-0.2, -0.15) is 0 Å². The summed E-state index contributed by atoms with van der Waals surface area (Å²) in [5.74, 6) is 0.723. The molecule has 3 aromatic rings. The van der Waals surface area contributed by atoms with Crippen molar-refractivity contribution in [3.63, 3.8) is 0 Å². The first-order chi connectivity index (χ1) is 7.86. The molecule has 16 heavy (non-hydrogen) atoms. The van der Waals surface area contributed by atoms with E-state index in [2.05, 4.69) is 9.97 Å².